The van der Waals surface area contributed by atoms with Gasteiger partial charge in [-0.05, 0) is 48.6 Å². The van der Waals surface area contributed by atoms with Crippen LogP contribution >= 0.6 is 0 Å². The minimum Gasteiger partial charge on any atom is -0.354 e. The number of nitrogens with one attached hydrogen (secondary N) is 1. The summed E-state index contributed by atoms with van der Waals surface area (Å²) >= 11 is 0. The van der Waals surface area contributed by atoms with Gasteiger partial charge in [0.25, 0.3) is 0 Å². The van der Waals surface area contributed by atoms with E-state index in [0.29, 0.717) is 44.2 Å². The molecule has 0 saturated carbocycles. The number of piperazine rings is 1. The molecule has 0 aliphatic carbocycles. The summed E-state index contributed by atoms with van der Waals surface area (Å²) in [4.78, 5) is 14.7. The van der Waals surface area contributed by atoms with E-state index in [1.54, 1.807) is 12.1 Å². The minimum absolute atomic E-state index is 0.0248. The van der Waals surface area contributed by atoms with Gasteiger partial charge in [0, 0.05) is 32.7 Å². The number of carbonyl (C=O) groups excluding carboxylic acids is 1. The molecular weight excluding hydrogens is 398 g/mol. The Morgan fingerprint density at radius 1 is 1.00 bits per heavy atom. The molecule has 1 aliphatic heterocycles. The minimum atomic E-state index is -3.50. The summed E-state index contributed by atoms with van der Waals surface area (Å²) in [6.07, 6.45) is 0. The van der Waals surface area contributed by atoms with Crippen molar-refractivity contribution in [1.29, 1.82) is 0 Å². The van der Waals surface area contributed by atoms with Gasteiger partial charge in [0.2, 0.25) is 15.9 Å². The maximum atomic E-state index is 12.9. The highest BCUT2D eigenvalue weighted by Crippen LogP contribution is 2.20. The molecule has 1 heterocycles. The number of hydrogen-bond donors (Lipinski definition) is 1. The number of nitrogens with zero attached hydrogens (tertiary/aromatic N) is 2. The Morgan fingerprint density at radius 2 is 1.67 bits per heavy atom. The van der Waals surface area contributed by atoms with Crippen molar-refractivity contribution in [3.05, 3.63) is 65.2 Å². The Morgan fingerprint density at radius 3 is 2.30 bits per heavy atom. The fraction of sp³-hybridized carbons (Fsp3) is 0.435. The fourth-order valence-corrected chi connectivity index (χ4v) is 5.08. The first kappa shape index (κ1) is 22.5. The maximum absolute atomic E-state index is 12.9. The number of amides is 1. The maximum Gasteiger partial charge on any atom is 0.243 e. The Balaban J connectivity index is 1.48. The second-order valence-corrected chi connectivity index (χ2v) is 9.98. The lowest BCUT2D eigenvalue weighted by Gasteiger charge is -2.33. The fourth-order valence-electron chi connectivity index (χ4n) is 3.58. The molecule has 1 atom stereocenters. The molecule has 7 heteroatoms. The molecule has 1 N–H and O–H groups in total. The Hall–Kier alpha value is -2.22. The van der Waals surface area contributed by atoms with E-state index in [-0.39, 0.29) is 11.8 Å². The van der Waals surface area contributed by atoms with E-state index >= 15 is 0 Å². The zero-order valence-electron chi connectivity index (χ0n) is 18.0. The summed E-state index contributed by atoms with van der Waals surface area (Å²) in [7, 11) is -3.50. The van der Waals surface area contributed by atoms with Crippen molar-refractivity contribution in [2.75, 3.05) is 39.3 Å². The van der Waals surface area contributed by atoms with E-state index in [0.717, 1.165) is 11.1 Å². The summed E-state index contributed by atoms with van der Waals surface area (Å²) < 4.78 is 27.4. The van der Waals surface area contributed by atoms with Crippen LogP contribution in [0.2, 0.25) is 0 Å². The van der Waals surface area contributed by atoms with Gasteiger partial charge in [0.05, 0.1) is 11.4 Å². The van der Waals surface area contributed by atoms with Crippen LogP contribution in [0.25, 0.3) is 0 Å². The zero-order chi connectivity index (χ0) is 21.7. The third kappa shape index (κ3) is 5.47. The molecule has 1 saturated heterocycles. The van der Waals surface area contributed by atoms with E-state index in [1.807, 2.05) is 43.0 Å². The van der Waals surface area contributed by atoms with Crippen molar-refractivity contribution < 1.29 is 13.2 Å². The molecule has 1 amide bonds. The highest BCUT2D eigenvalue weighted by atomic mass is 32.2. The number of benzene rings is 2. The zero-order valence-corrected chi connectivity index (χ0v) is 18.8. The molecule has 1 fully saturated rings. The summed E-state index contributed by atoms with van der Waals surface area (Å²) in [6, 6.07) is 15.4. The smallest absolute Gasteiger partial charge is 0.243 e. The molecule has 2 aromatic rings. The molecule has 1 aliphatic rings. The van der Waals surface area contributed by atoms with Crippen LogP contribution in [0.15, 0.2) is 53.4 Å². The molecular formula is C23H31N3O3S. The lowest BCUT2D eigenvalue weighted by Crippen LogP contribution is -2.51. The monoisotopic (exact) mass is 429 g/mol. The van der Waals surface area contributed by atoms with Crippen LogP contribution in [0, 0.1) is 13.8 Å². The Kier molecular flexibility index (Phi) is 7.28. The van der Waals surface area contributed by atoms with Crippen molar-refractivity contribution in [3.8, 4) is 0 Å². The van der Waals surface area contributed by atoms with E-state index < -0.39 is 10.0 Å². The lowest BCUT2D eigenvalue weighted by molar-refractivity contribution is -0.122. The van der Waals surface area contributed by atoms with Crippen LogP contribution in [0.4, 0.5) is 0 Å². The highest BCUT2D eigenvalue weighted by Gasteiger charge is 2.29. The standard InChI is InChI=1S/C23H31N3O3S/c1-18-9-10-22(15-19(18)2)30(28,29)26-13-11-25(12-14-26)17-23(27)24-16-20(3)21-7-5-4-6-8-21/h4-10,15,20H,11-14,16-17H2,1-3H3,(H,24,27)/t20-/m0/s1. The average molecular weight is 430 g/mol. The third-order valence-corrected chi connectivity index (χ3v) is 7.68. The molecule has 0 aromatic heterocycles. The molecule has 3 rings (SSSR count). The largest absolute Gasteiger partial charge is 0.354 e. The van der Waals surface area contributed by atoms with Crippen molar-refractivity contribution in [1.82, 2.24) is 14.5 Å². The van der Waals surface area contributed by atoms with E-state index in [9.17, 15) is 13.2 Å². The number of sulfonamides is 1. The predicted octanol–water partition coefficient (Wildman–Crippen LogP) is 2.53. The van der Waals surface area contributed by atoms with Crippen molar-refractivity contribution >= 4 is 15.9 Å². The first-order valence-corrected chi connectivity index (χ1v) is 11.8. The molecule has 0 bridgehead atoms. The van der Waals surface area contributed by atoms with Crippen molar-refractivity contribution in [3.63, 3.8) is 0 Å². The SMILES string of the molecule is Cc1ccc(S(=O)(=O)N2CCN(CC(=O)NC[C@H](C)c3ccccc3)CC2)cc1C. The third-order valence-electron chi connectivity index (χ3n) is 5.79. The predicted molar refractivity (Wildman–Crippen MR) is 119 cm³/mol. The molecule has 6 nitrogen and oxygen atoms in total. The first-order chi connectivity index (χ1) is 14.3. The van der Waals surface area contributed by atoms with Gasteiger partial charge in [-0.25, -0.2) is 8.42 Å². The normalized spacial score (nSPS) is 16.9. The van der Waals surface area contributed by atoms with Gasteiger partial charge < -0.3 is 5.32 Å². The highest BCUT2D eigenvalue weighted by molar-refractivity contribution is 7.89. The second kappa shape index (κ2) is 9.73. The average Bonchev–Trinajstić information content (AvgIpc) is 2.75. The summed E-state index contributed by atoms with van der Waals surface area (Å²) in [5.41, 5.74) is 3.24. The molecule has 0 radical (unpaired) electrons. The van der Waals surface area contributed by atoms with Gasteiger partial charge >= 0.3 is 0 Å². The quantitative estimate of drug-likeness (QED) is 0.734. The van der Waals surface area contributed by atoms with E-state index in [2.05, 4.69) is 24.4 Å². The molecule has 2 aromatic carbocycles. The van der Waals surface area contributed by atoms with Gasteiger partial charge in [-0.3, -0.25) is 9.69 Å². The Labute approximate surface area is 179 Å². The van der Waals surface area contributed by atoms with E-state index in [1.165, 1.54) is 9.87 Å². The lowest BCUT2D eigenvalue weighted by atomic mass is 10.0. The summed E-state index contributed by atoms with van der Waals surface area (Å²) in [5, 5.41) is 2.99. The van der Waals surface area contributed by atoms with Crippen LogP contribution < -0.4 is 5.32 Å². The number of rotatable bonds is 7. The van der Waals surface area contributed by atoms with Crippen molar-refractivity contribution in [2.24, 2.45) is 0 Å². The van der Waals surface area contributed by atoms with Gasteiger partial charge in [0.1, 0.15) is 0 Å². The van der Waals surface area contributed by atoms with Gasteiger partial charge in [-0.2, -0.15) is 4.31 Å². The van der Waals surface area contributed by atoms with Gasteiger partial charge in [-0.1, -0.05) is 43.3 Å². The molecule has 162 valence electrons. The van der Waals surface area contributed by atoms with Crippen LogP contribution in [0.1, 0.15) is 29.5 Å². The first-order valence-electron chi connectivity index (χ1n) is 10.4. The van der Waals surface area contributed by atoms with Gasteiger partial charge in [-0.15, -0.1) is 0 Å². The summed E-state index contributed by atoms with van der Waals surface area (Å²) in [5.74, 6) is 0.221. The number of carbonyl (C=O) groups is 1. The number of aryl methyl sites for hydroxylation is 2. The van der Waals surface area contributed by atoms with Crippen LogP contribution in [-0.4, -0.2) is 62.8 Å². The van der Waals surface area contributed by atoms with E-state index in [4.69, 9.17) is 0 Å². The van der Waals surface area contributed by atoms with Crippen LogP contribution in [0.3, 0.4) is 0 Å². The molecule has 0 spiro atoms. The topological polar surface area (TPSA) is 69.7 Å². The van der Waals surface area contributed by atoms with Crippen LogP contribution in [-0.2, 0) is 14.8 Å². The molecule has 0 unspecified atom stereocenters. The molecule has 30 heavy (non-hydrogen) atoms. The number of hydrogen-bond acceptors (Lipinski definition) is 4. The van der Waals surface area contributed by atoms with Crippen molar-refractivity contribution in [2.45, 2.75) is 31.6 Å². The van der Waals surface area contributed by atoms with Crippen LogP contribution in [0.5, 0.6) is 0 Å². The Bertz CT molecular complexity index is 968. The summed E-state index contributed by atoms with van der Waals surface area (Å²) in [6.45, 7) is 8.73. The second-order valence-electron chi connectivity index (χ2n) is 8.04. The van der Waals surface area contributed by atoms with Gasteiger partial charge in [0.15, 0.2) is 0 Å².